The second-order valence-corrected chi connectivity index (χ2v) is 7.35. The van der Waals surface area contributed by atoms with Crippen LogP contribution in [0.2, 0.25) is 0 Å². The van der Waals surface area contributed by atoms with Gasteiger partial charge in [-0.1, -0.05) is 47.7 Å². The van der Waals surface area contributed by atoms with Crippen molar-refractivity contribution >= 4 is 17.7 Å². The molecule has 3 aromatic rings. The summed E-state index contributed by atoms with van der Waals surface area (Å²) in [5, 5.41) is 8.34. The molecular weight excluding hydrogens is 363 g/mol. The van der Waals surface area contributed by atoms with E-state index in [0.29, 0.717) is 17.4 Å². The Hall–Kier alpha value is -2.67. The van der Waals surface area contributed by atoms with Crippen LogP contribution in [0.3, 0.4) is 0 Å². The highest BCUT2D eigenvalue weighted by Crippen LogP contribution is 2.22. The second-order valence-electron chi connectivity index (χ2n) is 6.40. The molecule has 0 bridgehead atoms. The summed E-state index contributed by atoms with van der Waals surface area (Å²) >= 11 is 1.24. The molecule has 7 heteroatoms. The van der Waals surface area contributed by atoms with Gasteiger partial charge in [0.25, 0.3) is 0 Å². The zero-order valence-corrected chi connectivity index (χ0v) is 16.3. The van der Waals surface area contributed by atoms with E-state index in [1.165, 1.54) is 35.3 Å². The molecule has 140 valence electrons. The lowest BCUT2D eigenvalue weighted by Gasteiger charge is -2.18. The van der Waals surface area contributed by atoms with Gasteiger partial charge in [0, 0.05) is 13.6 Å². The SMILES string of the molecule is Cc1ccc(CN(C)C(=O)CSc2nncn2-c2ccccc2F)c(C)c1. The van der Waals surface area contributed by atoms with Crippen molar-refractivity contribution in [1.82, 2.24) is 19.7 Å². The number of benzene rings is 2. The smallest absolute Gasteiger partial charge is 0.233 e. The summed E-state index contributed by atoms with van der Waals surface area (Å²) in [6.07, 6.45) is 1.45. The number of para-hydroxylation sites is 1. The molecule has 2 aromatic carbocycles. The van der Waals surface area contributed by atoms with E-state index in [0.717, 1.165) is 5.56 Å². The molecule has 0 aliphatic heterocycles. The monoisotopic (exact) mass is 384 g/mol. The van der Waals surface area contributed by atoms with Crippen LogP contribution in [0.25, 0.3) is 5.69 Å². The second kappa shape index (κ2) is 8.35. The van der Waals surface area contributed by atoms with Gasteiger partial charge in [-0.05, 0) is 37.1 Å². The molecular formula is C20H21FN4OS. The minimum atomic E-state index is -0.363. The number of thioether (sulfide) groups is 1. The van der Waals surface area contributed by atoms with Gasteiger partial charge in [-0.2, -0.15) is 0 Å². The third kappa shape index (κ3) is 4.54. The Bertz CT molecular complexity index is 957. The number of aromatic nitrogens is 3. The fraction of sp³-hybridized carbons (Fsp3) is 0.250. The summed E-state index contributed by atoms with van der Waals surface area (Å²) in [5.41, 5.74) is 3.85. The van der Waals surface area contributed by atoms with Crippen LogP contribution in [-0.2, 0) is 11.3 Å². The van der Waals surface area contributed by atoms with Gasteiger partial charge < -0.3 is 4.90 Å². The van der Waals surface area contributed by atoms with E-state index < -0.39 is 0 Å². The van der Waals surface area contributed by atoms with Crippen molar-refractivity contribution in [3.63, 3.8) is 0 Å². The van der Waals surface area contributed by atoms with Gasteiger partial charge in [0.15, 0.2) is 5.16 Å². The van der Waals surface area contributed by atoms with E-state index in [1.807, 2.05) is 19.9 Å². The fourth-order valence-corrected chi connectivity index (χ4v) is 3.60. The predicted octanol–water partition coefficient (Wildman–Crippen LogP) is 3.77. The van der Waals surface area contributed by atoms with E-state index in [9.17, 15) is 9.18 Å². The molecule has 0 unspecified atom stereocenters. The maximum absolute atomic E-state index is 14.0. The number of amides is 1. The van der Waals surface area contributed by atoms with Crippen molar-refractivity contribution < 1.29 is 9.18 Å². The maximum atomic E-state index is 14.0. The Morgan fingerprint density at radius 1 is 1.22 bits per heavy atom. The van der Waals surface area contributed by atoms with E-state index in [1.54, 1.807) is 34.7 Å². The molecule has 0 saturated carbocycles. The number of carbonyl (C=O) groups is 1. The first kappa shape index (κ1) is 19.1. The first-order chi connectivity index (χ1) is 13.0. The quantitative estimate of drug-likeness (QED) is 0.607. The zero-order chi connectivity index (χ0) is 19.4. The minimum absolute atomic E-state index is 0.0249. The minimum Gasteiger partial charge on any atom is -0.341 e. The van der Waals surface area contributed by atoms with E-state index in [2.05, 4.69) is 22.3 Å². The van der Waals surface area contributed by atoms with E-state index in [-0.39, 0.29) is 17.5 Å². The number of aryl methyl sites for hydroxylation is 2. The van der Waals surface area contributed by atoms with Gasteiger partial charge in [0.1, 0.15) is 12.1 Å². The molecule has 5 nitrogen and oxygen atoms in total. The first-order valence-corrected chi connectivity index (χ1v) is 9.52. The van der Waals surface area contributed by atoms with Crippen LogP contribution in [0.4, 0.5) is 4.39 Å². The van der Waals surface area contributed by atoms with Crippen LogP contribution in [-0.4, -0.2) is 38.4 Å². The summed E-state index contributed by atoms with van der Waals surface area (Å²) in [6.45, 7) is 4.64. The third-order valence-corrected chi connectivity index (χ3v) is 5.21. The van der Waals surface area contributed by atoms with Crippen LogP contribution < -0.4 is 0 Å². The normalized spacial score (nSPS) is 10.8. The fourth-order valence-electron chi connectivity index (χ4n) is 2.74. The van der Waals surface area contributed by atoms with E-state index >= 15 is 0 Å². The van der Waals surface area contributed by atoms with Crippen LogP contribution in [0, 0.1) is 19.7 Å². The largest absolute Gasteiger partial charge is 0.341 e. The highest BCUT2D eigenvalue weighted by Gasteiger charge is 2.15. The zero-order valence-electron chi connectivity index (χ0n) is 15.5. The summed E-state index contributed by atoms with van der Waals surface area (Å²) in [7, 11) is 1.78. The molecule has 0 aliphatic carbocycles. The molecule has 1 aromatic heterocycles. The highest BCUT2D eigenvalue weighted by atomic mass is 32.2. The Kier molecular flexibility index (Phi) is 5.91. The Labute approximate surface area is 162 Å². The molecule has 1 amide bonds. The topological polar surface area (TPSA) is 51.0 Å². The van der Waals surface area contributed by atoms with Crippen LogP contribution in [0.1, 0.15) is 16.7 Å². The van der Waals surface area contributed by atoms with Crippen LogP contribution >= 0.6 is 11.8 Å². The van der Waals surface area contributed by atoms with Crippen molar-refractivity contribution in [1.29, 1.82) is 0 Å². The number of hydrogen-bond donors (Lipinski definition) is 0. The lowest BCUT2D eigenvalue weighted by atomic mass is 10.1. The predicted molar refractivity (Wildman–Crippen MR) is 104 cm³/mol. The molecule has 0 spiro atoms. The van der Waals surface area contributed by atoms with Gasteiger partial charge in [0.05, 0.1) is 11.4 Å². The third-order valence-electron chi connectivity index (χ3n) is 4.28. The molecule has 0 aliphatic rings. The van der Waals surface area contributed by atoms with Crippen molar-refractivity contribution in [2.45, 2.75) is 25.5 Å². The number of rotatable bonds is 6. The summed E-state index contributed by atoms with van der Waals surface area (Å²) in [4.78, 5) is 14.2. The molecule has 1 heterocycles. The molecule has 0 fully saturated rings. The number of nitrogens with zero attached hydrogens (tertiary/aromatic N) is 4. The maximum Gasteiger partial charge on any atom is 0.233 e. The number of hydrogen-bond acceptors (Lipinski definition) is 4. The standard InChI is InChI=1S/C20H21FN4OS/c1-14-8-9-16(15(2)10-14)11-24(3)19(26)12-27-20-23-22-13-25(20)18-7-5-4-6-17(18)21/h4-10,13H,11-12H2,1-3H3. The van der Waals surface area contributed by atoms with Crippen LogP contribution in [0.15, 0.2) is 53.9 Å². The van der Waals surface area contributed by atoms with Gasteiger partial charge in [-0.15, -0.1) is 10.2 Å². The van der Waals surface area contributed by atoms with Crippen molar-refractivity contribution in [3.8, 4) is 5.69 Å². The molecule has 0 radical (unpaired) electrons. The van der Waals surface area contributed by atoms with Gasteiger partial charge in [-0.25, -0.2) is 4.39 Å². The van der Waals surface area contributed by atoms with Gasteiger partial charge in [-0.3, -0.25) is 9.36 Å². The molecule has 0 atom stereocenters. The number of halogens is 1. The lowest BCUT2D eigenvalue weighted by molar-refractivity contribution is -0.127. The summed E-state index contributed by atoms with van der Waals surface area (Å²) < 4.78 is 15.6. The molecule has 27 heavy (non-hydrogen) atoms. The molecule has 3 rings (SSSR count). The van der Waals surface area contributed by atoms with E-state index in [4.69, 9.17) is 0 Å². The molecule has 0 N–H and O–H groups in total. The number of carbonyl (C=O) groups excluding carboxylic acids is 1. The first-order valence-electron chi connectivity index (χ1n) is 8.53. The van der Waals surface area contributed by atoms with Gasteiger partial charge >= 0.3 is 0 Å². The summed E-state index contributed by atoms with van der Waals surface area (Å²) in [5.74, 6) is -0.185. The average molecular weight is 384 g/mol. The summed E-state index contributed by atoms with van der Waals surface area (Å²) in [6, 6.07) is 12.6. The Balaban J connectivity index is 1.64. The lowest BCUT2D eigenvalue weighted by Crippen LogP contribution is -2.28. The Morgan fingerprint density at radius 3 is 2.74 bits per heavy atom. The van der Waals surface area contributed by atoms with Crippen molar-refractivity contribution in [2.75, 3.05) is 12.8 Å². The highest BCUT2D eigenvalue weighted by molar-refractivity contribution is 7.99. The van der Waals surface area contributed by atoms with Gasteiger partial charge in [0.2, 0.25) is 5.91 Å². The van der Waals surface area contributed by atoms with Crippen molar-refractivity contribution in [3.05, 3.63) is 71.3 Å². The van der Waals surface area contributed by atoms with Crippen LogP contribution in [0.5, 0.6) is 0 Å². The Morgan fingerprint density at radius 2 is 2.00 bits per heavy atom. The average Bonchev–Trinajstić information content (AvgIpc) is 3.10. The van der Waals surface area contributed by atoms with Crippen molar-refractivity contribution in [2.24, 2.45) is 0 Å². The molecule has 0 saturated heterocycles.